The van der Waals surface area contributed by atoms with Gasteiger partial charge in [0.1, 0.15) is 13.2 Å². The van der Waals surface area contributed by atoms with E-state index in [1.54, 1.807) is 32.0 Å². The highest BCUT2D eigenvalue weighted by molar-refractivity contribution is 8.50. The molecule has 6 aliphatic heterocycles. The molecule has 0 N–H and O–H groups in total. The van der Waals surface area contributed by atoms with Gasteiger partial charge in [0, 0.05) is 10.5 Å². The van der Waals surface area contributed by atoms with Crippen molar-refractivity contribution in [3.8, 4) is 0 Å². The summed E-state index contributed by atoms with van der Waals surface area (Å²) in [7, 11) is 0. The van der Waals surface area contributed by atoms with E-state index in [2.05, 4.69) is 37.4 Å². The van der Waals surface area contributed by atoms with Crippen LogP contribution < -0.4 is 0 Å². The van der Waals surface area contributed by atoms with Crippen LogP contribution in [0, 0.1) is 0 Å². The summed E-state index contributed by atoms with van der Waals surface area (Å²) >= 11 is 19.6. The van der Waals surface area contributed by atoms with Crippen LogP contribution in [0.4, 0.5) is 0 Å². The fourth-order valence-electron chi connectivity index (χ4n) is 3.17. The highest BCUT2D eigenvalue weighted by atomic mass is 32.3. The Balaban J connectivity index is 1.12. The number of hydrogen-bond donors (Lipinski definition) is 0. The molecular weight excluding hydrogens is 569 g/mol. The SMILES string of the molecule is CC[C@H]1SC2=C(SC(=C3SC4=C(SC(=C5SC6=C(OCCO6)S5)S4)S3)S2)S[C@@H]1CC. The van der Waals surface area contributed by atoms with Gasteiger partial charge in [-0.1, -0.05) is 84.4 Å². The fraction of sp³-hybridized carbons (Fsp3) is 0.444. The summed E-state index contributed by atoms with van der Waals surface area (Å²) in [6, 6.07) is 0. The van der Waals surface area contributed by atoms with Crippen LogP contribution in [0.15, 0.2) is 44.1 Å². The molecule has 0 fully saturated rings. The molecule has 0 bridgehead atoms. The maximum Gasteiger partial charge on any atom is 0.208 e. The first-order chi connectivity index (χ1) is 14.7. The predicted octanol–water partition coefficient (Wildman–Crippen LogP) is 9.62. The number of ether oxygens (including phenoxy) is 2. The lowest BCUT2D eigenvalue weighted by molar-refractivity contribution is 0.0949. The first kappa shape index (κ1) is 22.3. The normalized spacial score (nSPS) is 30.9. The van der Waals surface area contributed by atoms with E-state index >= 15 is 0 Å². The molecule has 30 heavy (non-hydrogen) atoms. The van der Waals surface area contributed by atoms with E-state index in [0.29, 0.717) is 13.2 Å². The third kappa shape index (κ3) is 4.19. The van der Waals surface area contributed by atoms with E-state index in [-0.39, 0.29) is 0 Å². The highest BCUT2D eigenvalue weighted by Gasteiger charge is 2.40. The highest BCUT2D eigenvalue weighted by Crippen LogP contribution is 2.73. The van der Waals surface area contributed by atoms with Crippen molar-refractivity contribution < 1.29 is 9.47 Å². The van der Waals surface area contributed by atoms with E-state index in [1.165, 1.54) is 38.3 Å². The molecule has 6 rings (SSSR count). The van der Waals surface area contributed by atoms with Crippen molar-refractivity contribution >= 4 is 118 Å². The van der Waals surface area contributed by atoms with E-state index in [0.717, 1.165) is 20.7 Å². The molecule has 160 valence electrons. The van der Waals surface area contributed by atoms with Crippen LogP contribution in [0.2, 0.25) is 0 Å². The Bertz CT molecular complexity index is 894. The third-order valence-corrected chi connectivity index (χ3v) is 20.2. The summed E-state index contributed by atoms with van der Waals surface area (Å²) in [4.78, 5) is 0. The average molecular weight is 585 g/mol. The predicted molar refractivity (Wildman–Crippen MR) is 151 cm³/mol. The van der Waals surface area contributed by atoms with Crippen molar-refractivity contribution in [1.29, 1.82) is 0 Å². The van der Waals surface area contributed by atoms with Crippen LogP contribution in [0.3, 0.4) is 0 Å². The average Bonchev–Trinajstić information content (AvgIpc) is 3.52. The first-order valence-electron chi connectivity index (χ1n) is 9.45. The van der Waals surface area contributed by atoms with Gasteiger partial charge >= 0.3 is 0 Å². The van der Waals surface area contributed by atoms with E-state index < -0.39 is 0 Å². The van der Waals surface area contributed by atoms with Crippen LogP contribution in [0.25, 0.3) is 0 Å². The summed E-state index contributed by atoms with van der Waals surface area (Å²) in [5, 5.41) is 3.42. The molecule has 0 aromatic rings. The minimum absolute atomic E-state index is 0.661. The molecule has 12 heteroatoms. The Morgan fingerprint density at radius 2 is 0.867 bits per heavy atom. The Labute approximate surface area is 219 Å². The van der Waals surface area contributed by atoms with Gasteiger partial charge in [-0.25, -0.2) is 0 Å². The number of thioether (sulfide) groups is 10. The van der Waals surface area contributed by atoms with Gasteiger partial charge in [0.2, 0.25) is 10.2 Å². The maximum atomic E-state index is 5.75. The van der Waals surface area contributed by atoms with Gasteiger partial charge in [-0.15, -0.1) is 23.5 Å². The molecule has 0 unspecified atom stereocenters. The Morgan fingerprint density at radius 1 is 0.533 bits per heavy atom. The van der Waals surface area contributed by atoms with Gasteiger partial charge in [-0.2, -0.15) is 0 Å². The summed E-state index contributed by atoms with van der Waals surface area (Å²) in [6.07, 6.45) is 2.52. The van der Waals surface area contributed by atoms with Crippen LogP contribution in [0.1, 0.15) is 26.7 Å². The summed E-state index contributed by atoms with van der Waals surface area (Å²) in [5.74, 6) is 0. The monoisotopic (exact) mass is 584 g/mol. The lowest BCUT2D eigenvalue weighted by Crippen LogP contribution is -2.20. The van der Waals surface area contributed by atoms with Gasteiger partial charge in [0.25, 0.3) is 0 Å². The third-order valence-electron chi connectivity index (χ3n) is 4.60. The summed E-state index contributed by atoms with van der Waals surface area (Å²) < 4.78 is 23.2. The van der Waals surface area contributed by atoms with E-state index in [9.17, 15) is 0 Å². The van der Waals surface area contributed by atoms with Crippen molar-refractivity contribution in [3.63, 3.8) is 0 Å². The lowest BCUT2D eigenvalue weighted by atomic mass is 10.2. The van der Waals surface area contributed by atoms with Gasteiger partial charge in [0.15, 0.2) is 0 Å². The molecule has 6 aliphatic rings. The second-order valence-corrected chi connectivity index (χ2v) is 19.2. The summed E-state index contributed by atoms with van der Waals surface area (Å²) in [6.45, 7) is 5.99. The fourth-order valence-corrected chi connectivity index (χ4v) is 19.2. The molecule has 0 aliphatic carbocycles. The van der Waals surface area contributed by atoms with Crippen LogP contribution >= 0.6 is 118 Å². The van der Waals surface area contributed by atoms with Gasteiger partial charge in [-0.05, 0) is 36.4 Å². The molecule has 2 atom stereocenters. The molecule has 6 heterocycles. The Hall–Kier alpha value is 1.80. The van der Waals surface area contributed by atoms with Gasteiger partial charge < -0.3 is 9.47 Å². The summed E-state index contributed by atoms with van der Waals surface area (Å²) in [5.41, 5.74) is 0. The number of rotatable bonds is 2. The quantitative estimate of drug-likeness (QED) is 0.308. The van der Waals surface area contributed by atoms with Gasteiger partial charge in [-0.3, -0.25) is 0 Å². The zero-order valence-corrected chi connectivity index (χ0v) is 24.0. The van der Waals surface area contributed by atoms with E-state index in [1.807, 2.05) is 70.6 Å². The van der Waals surface area contributed by atoms with Crippen LogP contribution in [0.5, 0.6) is 0 Å². The standard InChI is InChI=1S/C18H16O2S10/c1-3-7-8(4-2)22-12-11(21-7)25-15(26-12)16-29-17-18(30-16)28-14(27-17)13-23-9-10(24-13)20-6-5-19-9/h7-8H,3-6H2,1-2H3/t7-,8-/m1/s1. The largest absolute Gasteiger partial charge is 0.480 e. The molecule has 0 aromatic heterocycles. The second kappa shape index (κ2) is 9.45. The number of hydrogen-bond acceptors (Lipinski definition) is 12. The molecule has 0 aromatic carbocycles. The van der Waals surface area contributed by atoms with Gasteiger partial charge in [0.05, 0.1) is 33.9 Å². The zero-order valence-electron chi connectivity index (χ0n) is 15.9. The van der Waals surface area contributed by atoms with Crippen molar-refractivity contribution in [1.82, 2.24) is 0 Å². The second-order valence-electron chi connectivity index (χ2n) is 6.52. The Morgan fingerprint density at radius 3 is 1.23 bits per heavy atom. The molecule has 0 radical (unpaired) electrons. The minimum atomic E-state index is 0.661. The molecular formula is C18H16O2S10. The Kier molecular flexibility index (Phi) is 7.02. The topological polar surface area (TPSA) is 18.5 Å². The molecule has 0 saturated carbocycles. The molecule has 0 saturated heterocycles. The molecule has 0 spiro atoms. The lowest BCUT2D eigenvalue weighted by Gasteiger charge is -2.28. The minimum Gasteiger partial charge on any atom is -0.480 e. The smallest absolute Gasteiger partial charge is 0.208 e. The van der Waals surface area contributed by atoms with Crippen LogP contribution in [-0.4, -0.2) is 23.7 Å². The van der Waals surface area contributed by atoms with Crippen molar-refractivity contribution in [2.75, 3.05) is 13.2 Å². The van der Waals surface area contributed by atoms with Crippen molar-refractivity contribution in [3.05, 3.63) is 44.1 Å². The van der Waals surface area contributed by atoms with Crippen molar-refractivity contribution in [2.45, 2.75) is 37.2 Å². The van der Waals surface area contributed by atoms with Crippen LogP contribution in [-0.2, 0) is 9.47 Å². The first-order valence-corrected chi connectivity index (χ1v) is 17.7. The molecule has 0 amide bonds. The van der Waals surface area contributed by atoms with E-state index in [4.69, 9.17) is 9.47 Å². The van der Waals surface area contributed by atoms with Crippen molar-refractivity contribution in [2.24, 2.45) is 0 Å². The zero-order chi connectivity index (χ0) is 20.2. The maximum absolute atomic E-state index is 5.75. The molecule has 2 nitrogen and oxygen atoms in total.